The molecular weight excluding hydrogens is 256 g/mol. The highest BCUT2D eigenvalue weighted by Crippen LogP contribution is 2.22. The van der Waals surface area contributed by atoms with Gasteiger partial charge in [0.05, 0.1) is 11.4 Å². The van der Waals surface area contributed by atoms with E-state index in [9.17, 15) is 8.78 Å². The number of nitrogen functional groups attached to an aromatic ring is 1. The van der Waals surface area contributed by atoms with Crippen LogP contribution in [0.2, 0.25) is 0 Å². The van der Waals surface area contributed by atoms with Crippen LogP contribution in [0.3, 0.4) is 0 Å². The first-order valence-electron chi connectivity index (χ1n) is 5.23. The topological polar surface area (TPSA) is 51.8 Å². The second kappa shape index (κ2) is 5.30. The number of rotatable bonds is 3. The molecule has 0 aliphatic heterocycles. The number of aromatic nitrogens is 2. The van der Waals surface area contributed by atoms with Crippen LogP contribution in [0.5, 0.6) is 0 Å². The van der Waals surface area contributed by atoms with Crippen molar-refractivity contribution in [1.29, 1.82) is 0 Å². The predicted octanol–water partition coefficient (Wildman–Crippen LogP) is 2.94. The summed E-state index contributed by atoms with van der Waals surface area (Å²) in [7, 11) is 0. The van der Waals surface area contributed by atoms with E-state index in [4.69, 9.17) is 5.73 Å². The number of nitrogens with zero attached hydrogens (tertiary/aromatic N) is 2. The van der Waals surface area contributed by atoms with Crippen molar-refractivity contribution in [1.82, 2.24) is 9.97 Å². The second-order valence-corrected chi connectivity index (χ2v) is 4.72. The third-order valence-corrected chi connectivity index (χ3v) is 3.24. The third-order valence-electron chi connectivity index (χ3n) is 2.25. The molecule has 1 aromatic carbocycles. The van der Waals surface area contributed by atoms with Crippen LogP contribution in [-0.2, 0) is 5.75 Å². The molecule has 0 fully saturated rings. The van der Waals surface area contributed by atoms with Crippen LogP contribution >= 0.6 is 11.8 Å². The molecule has 2 N–H and O–H groups in total. The van der Waals surface area contributed by atoms with Gasteiger partial charge in [0.25, 0.3) is 0 Å². The lowest BCUT2D eigenvalue weighted by atomic mass is 10.4. The lowest BCUT2D eigenvalue weighted by Gasteiger charge is -2.04. The van der Waals surface area contributed by atoms with Crippen LogP contribution in [0.4, 0.5) is 14.6 Å². The average Bonchev–Trinajstić information content (AvgIpc) is 2.33. The molecule has 94 valence electrons. The Morgan fingerprint density at radius 1 is 1.28 bits per heavy atom. The van der Waals surface area contributed by atoms with Crippen molar-refractivity contribution in [2.75, 3.05) is 5.73 Å². The number of hydrogen-bond acceptors (Lipinski definition) is 4. The van der Waals surface area contributed by atoms with Crippen LogP contribution in [0.25, 0.3) is 0 Å². The molecule has 6 heteroatoms. The first-order chi connectivity index (χ1) is 8.56. The van der Waals surface area contributed by atoms with E-state index in [1.165, 1.54) is 30.8 Å². The van der Waals surface area contributed by atoms with Crippen molar-refractivity contribution >= 4 is 17.6 Å². The summed E-state index contributed by atoms with van der Waals surface area (Å²) in [6.07, 6.45) is 0. The van der Waals surface area contributed by atoms with E-state index in [0.717, 1.165) is 4.90 Å². The van der Waals surface area contributed by atoms with Crippen LogP contribution in [0.15, 0.2) is 29.2 Å². The minimum absolute atomic E-state index is 0.155. The highest BCUT2D eigenvalue weighted by atomic mass is 32.2. The molecule has 3 nitrogen and oxygen atoms in total. The van der Waals surface area contributed by atoms with Gasteiger partial charge in [-0.25, -0.2) is 18.7 Å². The Bertz CT molecular complexity index is 552. The maximum absolute atomic E-state index is 13.2. The van der Waals surface area contributed by atoms with E-state index < -0.39 is 5.82 Å². The van der Waals surface area contributed by atoms with Crippen molar-refractivity contribution in [2.24, 2.45) is 0 Å². The molecule has 1 aromatic heterocycles. The lowest BCUT2D eigenvalue weighted by Crippen LogP contribution is -2.04. The SMILES string of the molecule is Cc1nc(CSc2cccc(F)c2)nc(N)c1F. The van der Waals surface area contributed by atoms with Crippen molar-refractivity contribution in [3.63, 3.8) is 0 Å². The van der Waals surface area contributed by atoms with E-state index in [-0.39, 0.29) is 17.3 Å². The van der Waals surface area contributed by atoms with E-state index in [1.807, 2.05) is 0 Å². The summed E-state index contributed by atoms with van der Waals surface area (Å²) < 4.78 is 26.2. The quantitative estimate of drug-likeness (QED) is 0.869. The van der Waals surface area contributed by atoms with E-state index in [1.54, 1.807) is 12.1 Å². The number of halogens is 2. The van der Waals surface area contributed by atoms with Crippen LogP contribution < -0.4 is 5.73 Å². The van der Waals surface area contributed by atoms with Crippen molar-refractivity contribution in [2.45, 2.75) is 17.6 Å². The number of benzene rings is 1. The summed E-state index contributed by atoms with van der Waals surface area (Å²) in [5.74, 6) is -0.197. The molecule has 0 saturated carbocycles. The largest absolute Gasteiger partial charge is 0.381 e. The maximum atomic E-state index is 13.2. The molecule has 1 heterocycles. The molecule has 0 aliphatic carbocycles. The van der Waals surface area contributed by atoms with Crippen molar-refractivity contribution < 1.29 is 8.78 Å². The number of thioether (sulfide) groups is 1. The Labute approximate surface area is 107 Å². The zero-order chi connectivity index (χ0) is 13.1. The van der Waals surface area contributed by atoms with E-state index >= 15 is 0 Å². The van der Waals surface area contributed by atoms with Gasteiger partial charge in [-0.1, -0.05) is 6.07 Å². The Morgan fingerprint density at radius 3 is 2.72 bits per heavy atom. The minimum Gasteiger partial charge on any atom is -0.381 e. The standard InChI is InChI=1S/C12H11F2N3S/c1-7-11(14)12(15)17-10(16-7)6-18-9-4-2-3-8(13)5-9/h2-5H,6H2,1H3,(H2,15,16,17). The smallest absolute Gasteiger partial charge is 0.186 e. The normalized spacial score (nSPS) is 10.6. The van der Waals surface area contributed by atoms with Gasteiger partial charge < -0.3 is 5.73 Å². The fourth-order valence-electron chi connectivity index (χ4n) is 1.41. The van der Waals surface area contributed by atoms with Crippen LogP contribution in [0, 0.1) is 18.6 Å². The summed E-state index contributed by atoms with van der Waals surface area (Å²) in [5.41, 5.74) is 5.64. The molecule has 0 radical (unpaired) electrons. The molecule has 0 aliphatic rings. The van der Waals surface area contributed by atoms with Gasteiger partial charge in [0.15, 0.2) is 11.6 Å². The average molecular weight is 267 g/mol. The summed E-state index contributed by atoms with van der Waals surface area (Å²) in [5, 5.41) is 0. The van der Waals surface area contributed by atoms with Gasteiger partial charge in [-0.3, -0.25) is 0 Å². The van der Waals surface area contributed by atoms with E-state index in [0.29, 0.717) is 11.6 Å². The number of nitrogens with two attached hydrogens (primary N) is 1. The Kier molecular flexibility index (Phi) is 3.76. The molecule has 0 saturated heterocycles. The highest BCUT2D eigenvalue weighted by molar-refractivity contribution is 7.98. The monoisotopic (exact) mass is 267 g/mol. The molecule has 18 heavy (non-hydrogen) atoms. The number of anilines is 1. The molecule has 0 atom stereocenters. The maximum Gasteiger partial charge on any atom is 0.186 e. The van der Waals surface area contributed by atoms with Crippen LogP contribution in [-0.4, -0.2) is 9.97 Å². The van der Waals surface area contributed by atoms with E-state index in [2.05, 4.69) is 9.97 Å². The Morgan fingerprint density at radius 2 is 2.06 bits per heavy atom. The Hall–Kier alpha value is -1.69. The van der Waals surface area contributed by atoms with Crippen molar-refractivity contribution in [3.05, 3.63) is 47.4 Å². The molecule has 0 bridgehead atoms. The first-order valence-corrected chi connectivity index (χ1v) is 6.21. The molecule has 0 amide bonds. The Balaban J connectivity index is 2.11. The summed E-state index contributed by atoms with van der Waals surface area (Å²) in [6, 6.07) is 6.21. The second-order valence-electron chi connectivity index (χ2n) is 3.67. The fraction of sp³-hybridized carbons (Fsp3) is 0.167. The molecule has 0 spiro atoms. The summed E-state index contributed by atoms with van der Waals surface area (Å²) in [6.45, 7) is 1.53. The summed E-state index contributed by atoms with van der Waals surface area (Å²) in [4.78, 5) is 8.60. The van der Waals surface area contributed by atoms with Gasteiger partial charge in [-0.2, -0.15) is 0 Å². The summed E-state index contributed by atoms with van der Waals surface area (Å²) >= 11 is 1.37. The van der Waals surface area contributed by atoms with Gasteiger partial charge >= 0.3 is 0 Å². The van der Waals surface area contributed by atoms with Gasteiger partial charge in [-0.05, 0) is 25.1 Å². The lowest BCUT2D eigenvalue weighted by molar-refractivity contribution is 0.604. The fourth-order valence-corrected chi connectivity index (χ4v) is 2.21. The minimum atomic E-state index is -0.588. The molecule has 0 unspecified atom stereocenters. The third kappa shape index (κ3) is 2.95. The van der Waals surface area contributed by atoms with Gasteiger partial charge in [0.1, 0.15) is 11.6 Å². The van der Waals surface area contributed by atoms with Gasteiger partial charge in [-0.15, -0.1) is 11.8 Å². The van der Waals surface area contributed by atoms with Crippen LogP contribution in [0.1, 0.15) is 11.5 Å². The first kappa shape index (κ1) is 12.8. The molecule has 2 rings (SSSR count). The number of aryl methyl sites for hydroxylation is 1. The van der Waals surface area contributed by atoms with Crippen molar-refractivity contribution in [3.8, 4) is 0 Å². The predicted molar refractivity (Wildman–Crippen MR) is 67.1 cm³/mol. The zero-order valence-electron chi connectivity index (χ0n) is 9.65. The number of hydrogen-bond donors (Lipinski definition) is 1. The zero-order valence-corrected chi connectivity index (χ0v) is 10.5. The highest BCUT2D eigenvalue weighted by Gasteiger charge is 2.08. The van der Waals surface area contributed by atoms with Gasteiger partial charge in [0, 0.05) is 4.90 Å². The molecular formula is C12H11F2N3S. The molecule has 2 aromatic rings. The van der Waals surface area contributed by atoms with Gasteiger partial charge in [0.2, 0.25) is 0 Å².